The van der Waals surface area contributed by atoms with Crippen LogP contribution in [0.25, 0.3) is 0 Å². The van der Waals surface area contributed by atoms with Gasteiger partial charge in [0, 0.05) is 6.54 Å². The quantitative estimate of drug-likeness (QED) is 0.757. The van der Waals surface area contributed by atoms with E-state index in [1.807, 2.05) is 0 Å². The minimum atomic E-state index is 0.590. The van der Waals surface area contributed by atoms with Crippen molar-refractivity contribution in [2.45, 2.75) is 51.4 Å². The fourth-order valence-electron chi connectivity index (χ4n) is 3.10. The third-order valence-corrected chi connectivity index (χ3v) is 4.30. The van der Waals surface area contributed by atoms with Crippen LogP contribution in [-0.2, 0) is 12.8 Å². The molecule has 2 rings (SSSR count). The summed E-state index contributed by atoms with van der Waals surface area (Å²) < 4.78 is 0. The molecule has 1 aromatic rings. The van der Waals surface area contributed by atoms with Crippen LogP contribution in [0.1, 0.15) is 49.7 Å². The highest BCUT2D eigenvalue weighted by molar-refractivity contribution is 5.27. The molecule has 1 aliphatic rings. The molecule has 1 saturated carbocycles. The highest BCUT2D eigenvalue weighted by Gasteiger charge is 2.13. The summed E-state index contributed by atoms with van der Waals surface area (Å²) in [6.07, 6.45) is 10.8. The first kappa shape index (κ1) is 14.3. The zero-order chi connectivity index (χ0) is 13.5. The summed E-state index contributed by atoms with van der Waals surface area (Å²) in [7, 11) is 0. The minimum Gasteiger partial charge on any atom is -0.327 e. The number of benzene rings is 1. The lowest BCUT2D eigenvalue weighted by molar-refractivity contribution is 0.339. The molecule has 0 spiro atoms. The molecule has 0 heterocycles. The number of hydrogen-bond donors (Lipinski definition) is 1. The zero-order valence-corrected chi connectivity index (χ0v) is 12.0. The van der Waals surface area contributed by atoms with E-state index in [1.165, 1.54) is 56.1 Å². The number of aryl methyl sites for hydroxylation is 1. The van der Waals surface area contributed by atoms with Crippen molar-refractivity contribution in [2.75, 3.05) is 6.54 Å². The van der Waals surface area contributed by atoms with E-state index in [0.717, 1.165) is 17.9 Å². The van der Waals surface area contributed by atoms with Crippen molar-refractivity contribution in [3.8, 4) is 0 Å². The van der Waals surface area contributed by atoms with E-state index < -0.39 is 0 Å². The van der Waals surface area contributed by atoms with Crippen LogP contribution in [-0.4, -0.2) is 6.54 Å². The van der Waals surface area contributed by atoms with Crippen molar-refractivity contribution in [3.63, 3.8) is 0 Å². The maximum atomic E-state index is 5.61. The summed E-state index contributed by atoms with van der Waals surface area (Å²) in [5.41, 5.74) is 9.57. The maximum Gasteiger partial charge on any atom is 0.0137 e. The van der Waals surface area contributed by atoms with Gasteiger partial charge in [-0.25, -0.2) is 0 Å². The van der Waals surface area contributed by atoms with E-state index in [9.17, 15) is 0 Å². The Kier molecular flexibility index (Phi) is 5.65. The highest BCUT2D eigenvalue weighted by atomic mass is 14.5. The van der Waals surface area contributed by atoms with Crippen molar-refractivity contribution >= 4 is 0 Å². The van der Waals surface area contributed by atoms with Gasteiger partial charge >= 0.3 is 0 Å². The molecule has 0 atom stereocenters. The molecule has 0 aliphatic heterocycles. The molecule has 0 bridgehead atoms. The van der Waals surface area contributed by atoms with Gasteiger partial charge in [0.15, 0.2) is 0 Å². The Hall–Kier alpha value is -1.08. The number of rotatable bonds is 6. The lowest BCUT2D eigenvalue weighted by atomic mass is 9.85. The fraction of sp³-hybridized carbons (Fsp3) is 0.556. The average molecular weight is 257 g/mol. The van der Waals surface area contributed by atoms with Crippen LogP contribution in [0.15, 0.2) is 36.4 Å². The summed E-state index contributed by atoms with van der Waals surface area (Å²) in [6.45, 7) is 4.58. The summed E-state index contributed by atoms with van der Waals surface area (Å²) in [5.74, 6) is 0.969. The number of nitrogens with two attached hydrogens (primary N) is 1. The van der Waals surface area contributed by atoms with Crippen molar-refractivity contribution < 1.29 is 0 Å². The van der Waals surface area contributed by atoms with Gasteiger partial charge in [-0.1, -0.05) is 68.5 Å². The van der Waals surface area contributed by atoms with Gasteiger partial charge in [-0.2, -0.15) is 0 Å². The average Bonchev–Trinajstić information content (AvgIpc) is 2.46. The normalized spacial score (nSPS) is 16.5. The first-order chi connectivity index (χ1) is 9.28. The molecule has 1 aromatic carbocycles. The molecule has 104 valence electrons. The molecular formula is C18H27N. The molecule has 0 aromatic heterocycles. The van der Waals surface area contributed by atoms with Crippen molar-refractivity contribution in [3.05, 3.63) is 47.5 Å². The fourth-order valence-corrected chi connectivity index (χ4v) is 3.10. The predicted octanol–water partition coefficient (Wildman–Crippen LogP) is 4.26. The molecule has 0 saturated heterocycles. The molecule has 1 nitrogen and oxygen atoms in total. The van der Waals surface area contributed by atoms with E-state index in [1.54, 1.807) is 0 Å². The largest absolute Gasteiger partial charge is 0.327 e. The van der Waals surface area contributed by atoms with Crippen LogP contribution >= 0.6 is 0 Å². The summed E-state index contributed by atoms with van der Waals surface area (Å²) in [6, 6.07) is 8.96. The van der Waals surface area contributed by atoms with Crippen LogP contribution in [0, 0.1) is 5.92 Å². The van der Waals surface area contributed by atoms with Gasteiger partial charge in [0.05, 0.1) is 0 Å². The molecule has 2 N–H and O–H groups in total. The van der Waals surface area contributed by atoms with E-state index in [-0.39, 0.29) is 0 Å². The monoisotopic (exact) mass is 257 g/mol. The summed E-state index contributed by atoms with van der Waals surface area (Å²) in [5, 5.41) is 0. The second-order valence-electron chi connectivity index (χ2n) is 5.99. The van der Waals surface area contributed by atoms with Crippen LogP contribution in [0.5, 0.6) is 0 Å². The lowest BCUT2D eigenvalue weighted by Gasteiger charge is -2.21. The van der Waals surface area contributed by atoms with Crippen LogP contribution in [0.4, 0.5) is 0 Å². The van der Waals surface area contributed by atoms with Gasteiger partial charge in [-0.3, -0.25) is 0 Å². The van der Waals surface area contributed by atoms with Gasteiger partial charge in [0.2, 0.25) is 0 Å². The molecule has 1 aliphatic carbocycles. The first-order valence-corrected chi connectivity index (χ1v) is 7.72. The standard InChI is InChI=1S/C18H27N/c1-15(14-19)12-18-9-5-8-17(13-18)11-10-16-6-3-2-4-7-16/h5,8-9,13,16H,1-4,6-7,10-12,14,19H2. The first-order valence-electron chi connectivity index (χ1n) is 7.72. The van der Waals surface area contributed by atoms with Crippen LogP contribution in [0.2, 0.25) is 0 Å². The second kappa shape index (κ2) is 7.49. The Bertz CT molecular complexity index is 402. The van der Waals surface area contributed by atoms with Crippen molar-refractivity contribution in [2.24, 2.45) is 11.7 Å². The molecule has 19 heavy (non-hydrogen) atoms. The summed E-state index contributed by atoms with van der Waals surface area (Å²) >= 11 is 0. The predicted molar refractivity (Wildman–Crippen MR) is 83.2 cm³/mol. The van der Waals surface area contributed by atoms with E-state index in [4.69, 9.17) is 5.73 Å². The molecule has 0 radical (unpaired) electrons. The second-order valence-corrected chi connectivity index (χ2v) is 5.99. The molecular weight excluding hydrogens is 230 g/mol. The molecule has 1 heteroatoms. The third kappa shape index (κ3) is 4.83. The van der Waals surface area contributed by atoms with Gasteiger partial charge in [-0.05, 0) is 36.3 Å². The zero-order valence-electron chi connectivity index (χ0n) is 12.0. The Morgan fingerprint density at radius 3 is 2.63 bits per heavy atom. The Labute approximate surface area is 117 Å². The van der Waals surface area contributed by atoms with E-state index in [2.05, 4.69) is 30.8 Å². The van der Waals surface area contributed by atoms with E-state index in [0.29, 0.717) is 6.54 Å². The van der Waals surface area contributed by atoms with Crippen molar-refractivity contribution in [1.29, 1.82) is 0 Å². The minimum absolute atomic E-state index is 0.590. The third-order valence-electron chi connectivity index (χ3n) is 4.30. The number of hydrogen-bond acceptors (Lipinski definition) is 1. The topological polar surface area (TPSA) is 26.0 Å². The highest BCUT2D eigenvalue weighted by Crippen LogP contribution is 2.27. The Morgan fingerprint density at radius 1 is 1.16 bits per heavy atom. The Morgan fingerprint density at radius 2 is 1.89 bits per heavy atom. The van der Waals surface area contributed by atoms with Crippen LogP contribution in [0.3, 0.4) is 0 Å². The molecule has 0 amide bonds. The van der Waals surface area contributed by atoms with E-state index >= 15 is 0 Å². The van der Waals surface area contributed by atoms with Crippen LogP contribution < -0.4 is 5.73 Å². The molecule has 0 unspecified atom stereocenters. The van der Waals surface area contributed by atoms with Gasteiger partial charge in [0.25, 0.3) is 0 Å². The summed E-state index contributed by atoms with van der Waals surface area (Å²) in [4.78, 5) is 0. The van der Waals surface area contributed by atoms with Gasteiger partial charge < -0.3 is 5.73 Å². The van der Waals surface area contributed by atoms with Gasteiger partial charge in [-0.15, -0.1) is 0 Å². The SMILES string of the molecule is C=C(CN)Cc1cccc(CCC2CCCCC2)c1. The smallest absolute Gasteiger partial charge is 0.0137 e. The molecule has 1 fully saturated rings. The van der Waals surface area contributed by atoms with Crippen molar-refractivity contribution in [1.82, 2.24) is 0 Å². The lowest BCUT2D eigenvalue weighted by Crippen LogP contribution is -2.07. The maximum absolute atomic E-state index is 5.61. The van der Waals surface area contributed by atoms with Gasteiger partial charge in [0.1, 0.15) is 0 Å². The Balaban J connectivity index is 1.85.